The Labute approximate surface area is 176 Å². The van der Waals surface area contributed by atoms with Gasteiger partial charge in [0.1, 0.15) is 11.1 Å². The highest BCUT2D eigenvalue weighted by atomic mass is 32.2. The van der Waals surface area contributed by atoms with Crippen molar-refractivity contribution in [2.45, 2.75) is 10.9 Å². The lowest BCUT2D eigenvalue weighted by Gasteiger charge is -2.06. The molecular formula is C19H13N3O2S4. The van der Waals surface area contributed by atoms with Gasteiger partial charge in [-0.25, -0.2) is 9.97 Å². The van der Waals surface area contributed by atoms with Crippen LogP contribution in [0.1, 0.15) is 5.69 Å². The summed E-state index contributed by atoms with van der Waals surface area (Å²) in [6.45, 7) is 0. The number of fused-ring (bicyclic) bond motifs is 1. The molecule has 0 aromatic carbocycles. The Morgan fingerprint density at radius 3 is 2.64 bits per heavy atom. The van der Waals surface area contributed by atoms with Crippen LogP contribution in [0.15, 0.2) is 61.0 Å². The quantitative estimate of drug-likeness (QED) is 0.256. The van der Waals surface area contributed by atoms with Gasteiger partial charge in [-0.05, 0) is 22.9 Å². The summed E-state index contributed by atoms with van der Waals surface area (Å²) in [5.74, 6) is 1.21. The first-order chi connectivity index (χ1) is 13.7. The summed E-state index contributed by atoms with van der Waals surface area (Å²) in [6.07, 6.45) is 1.67. The molecule has 28 heavy (non-hydrogen) atoms. The SMILES string of the molecule is Cn1c(SCc2coc(-c3cccs3)n2)nc2scc(-c3cccs3)c2c1=O. The van der Waals surface area contributed by atoms with Crippen LogP contribution < -0.4 is 5.56 Å². The van der Waals surface area contributed by atoms with E-state index in [9.17, 15) is 4.79 Å². The summed E-state index contributed by atoms with van der Waals surface area (Å²) in [7, 11) is 1.77. The van der Waals surface area contributed by atoms with E-state index in [1.54, 1.807) is 40.6 Å². The molecule has 5 aromatic heterocycles. The summed E-state index contributed by atoms with van der Waals surface area (Å²) >= 11 is 6.22. The van der Waals surface area contributed by atoms with Gasteiger partial charge in [0.05, 0.1) is 16.0 Å². The second-order valence-electron chi connectivity index (χ2n) is 5.98. The Bertz CT molecular complexity index is 1300. The minimum absolute atomic E-state index is 0.0171. The molecule has 5 rings (SSSR count). The van der Waals surface area contributed by atoms with Gasteiger partial charge in [-0.2, -0.15) is 0 Å². The zero-order valence-corrected chi connectivity index (χ0v) is 17.9. The first-order valence-corrected chi connectivity index (χ1v) is 12.0. The predicted octanol–water partition coefficient (Wildman–Crippen LogP) is 5.73. The molecule has 0 aliphatic rings. The Balaban J connectivity index is 1.44. The molecule has 9 heteroatoms. The maximum Gasteiger partial charge on any atom is 0.263 e. The third kappa shape index (κ3) is 3.14. The van der Waals surface area contributed by atoms with Crippen LogP contribution >= 0.6 is 45.8 Å². The van der Waals surface area contributed by atoms with Gasteiger partial charge >= 0.3 is 0 Å². The van der Waals surface area contributed by atoms with Gasteiger partial charge in [0, 0.05) is 28.6 Å². The van der Waals surface area contributed by atoms with Crippen molar-refractivity contribution in [2.24, 2.45) is 7.05 Å². The summed E-state index contributed by atoms with van der Waals surface area (Å²) in [5.41, 5.74) is 1.78. The second-order valence-corrected chi connectivity index (χ2v) is 9.67. The van der Waals surface area contributed by atoms with Crippen LogP contribution in [-0.2, 0) is 12.8 Å². The average Bonchev–Trinajstić information content (AvgIpc) is 3.47. The molecule has 0 spiro atoms. The third-order valence-electron chi connectivity index (χ3n) is 4.19. The van der Waals surface area contributed by atoms with E-state index < -0.39 is 0 Å². The lowest BCUT2D eigenvalue weighted by Crippen LogP contribution is -2.19. The van der Waals surface area contributed by atoms with E-state index in [2.05, 4.69) is 4.98 Å². The van der Waals surface area contributed by atoms with Crippen molar-refractivity contribution < 1.29 is 4.42 Å². The van der Waals surface area contributed by atoms with Gasteiger partial charge in [-0.15, -0.1) is 34.0 Å². The fraction of sp³-hybridized carbons (Fsp3) is 0.105. The average molecular weight is 444 g/mol. The van der Waals surface area contributed by atoms with Gasteiger partial charge in [-0.3, -0.25) is 9.36 Å². The van der Waals surface area contributed by atoms with E-state index in [1.165, 1.54) is 23.1 Å². The van der Waals surface area contributed by atoms with E-state index in [4.69, 9.17) is 9.40 Å². The zero-order chi connectivity index (χ0) is 19.1. The lowest BCUT2D eigenvalue weighted by molar-refractivity contribution is 0.575. The van der Waals surface area contributed by atoms with Gasteiger partial charge in [-0.1, -0.05) is 23.9 Å². The zero-order valence-electron chi connectivity index (χ0n) is 14.6. The molecule has 5 aromatic rings. The number of oxazole rings is 1. The molecule has 0 fully saturated rings. The number of hydrogen-bond acceptors (Lipinski definition) is 8. The van der Waals surface area contributed by atoms with Crippen LogP contribution in [0.25, 0.3) is 31.4 Å². The van der Waals surface area contributed by atoms with Gasteiger partial charge in [0.2, 0.25) is 5.89 Å². The highest BCUT2D eigenvalue weighted by Gasteiger charge is 2.17. The van der Waals surface area contributed by atoms with E-state index in [-0.39, 0.29) is 5.56 Å². The number of rotatable bonds is 5. The molecule has 0 radical (unpaired) electrons. The molecule has 0 saturated carbocycles. The van der Waals surface area contributed by atoms with Crippen molar-refractivity contribution >= 4 is 56.0 Å². The van der Waals surface area contributed by atoms with Crippen molar-refractivity contribution in [1.82, 2.24) is 14.5 Å². The largest absolute Gasteiger partial charge is 0.444 e. The van der Waals surface area contributed by atoms with Gasteiger partial charge in [0.15, 0.2) is 5.16 Å². The van der Waals surface area contributed by atoms with Gasteiger partial charge < -0.3 is 4.42 Å². The summed E-state index contributed by atoms with van der Waals surface area (Å²) in [6, 6.07) is 7.98. The minimum atomic E-state index is -0.0171. The molecule has 0 N–H and O–H groups in total. The number of thiophene rings is 3. The Morgan fingerprint density at radius 2 is 1.89 bits per heavy atom. The molecule has 0 saturated heterocycles. The van der Waals surface area contributed by atoms with Crippen LogP contribution in [0.2, 0.25) is 0 Å². The Morgan fingerprint density at radius 1 is 1.11 bits per heavy atom. The number of thioether (sulfide) groups is 1. The van der Waals surface area contributed by atoms with Gasteiger partial charge in [0.25, 0.3) is 5.56 Å². The molecule has 0 bridgehead atoms. The molecule has 0 atom stereocenters. The lowest BCUT2D eigenvalue weighted by atomic mass is 10.2. The Hall–Kier alpha value is -2.20. The maximum atomic E-state index is 13.0. The molecule has 0 amide bonds. The van der Waals surface area contributed by atoms with Crippen LogP contribution in [-0.4, -0.2) is 14.5 Å². The highest BCUT2D eigenvalue weighted by Crippen LogP contribution is 2.35. The minimum Gasteiger partial charge on any atom is -0.444 e. The van der Waals surface area contributed by atoms with E-state index in [0.717, 1.165) is 25.8 Å². The van der Waals surface area contributed by atoms with Crippen LogP contribution in [0.5, 0.6) is 0 Å². The topological polar surface area (TPSA) is 60.9 Å². The molecule has 5 nitrogen and oxygen atoms in total. The molecule has 0 aliphatic heterocycles. The van der Waals surface area contributed by atoms with Crippen LogP contribution in [0.4, 0.5) is 0 Å². The molecule has 5 heterocycles. The fourth-order valence-electron chi connectivity index (χ4n) is 2.82. The molecule has 0 aliphatic carbocycles. The van der Waals surface area contributed by atoms with Crippen molar-refractivity contribution in [3.05, 3.63) is 62.7 Å². The third-order valence-corrected chi connectivity index (χ3v) is 7.89. The number of nitrogens with zero attached hydrogens (tertiary/aromatic N) is 3. The normalized spacial score (nSPS) is 11.5. The maximum absolute atomic E-state index is 13.0. The molecular weight excluding hydrogens is 430 g/mol. The number of hydrogen-bond donors (Lipinski definition) is 0. The highest BCUT2D eigenvalue weighted by molar-refractivity contribution is 7.98. The van der Waals surface area contributed by atoms with Crippen molar-refractivity contribution in [3.63, 3.8) is 0 Å². The number of aromatic nitrogens is 3. The molecule has 0 unspecified atom stereocenters. The van der Waals surface area contributed by atoms with Crippen molar-refractivity contribution in [3.8, 4) is 21.2 Å². The van der Waals surface area contributed by atoms with E-state index in [1.807, 2.05) is 40.4 Å². The summed E-state index contributed by atoms with van der Waals surface area (Å²) < 4.78 is 7.19. The summed E-state index contributed by atoms with van der Waals surface area (Å²) in [4.78, 5) is 25.1. The standard InChI is InChI=1S/C19H13N3O2S4/c1-22-18(23)15-12(13-4-2-6-25-13)10-27-17(15)21-19(22)28-9-11-8-24-16(20-11)14-5-3-7-26-14/h2-8,10H,9H2,1H3. The summed E-state index contributed by atoms with van der Waals surface area (Å²) in [5, 5.41) is 7.40. The molecule has 140 valence electrons. The fourth-order valence-corrected chi connectivity index (χ4v) is 6.13. The van der Waals surface area contributed by atoms with Crippen LogP contribution in [0.3, 0.4) is 0 Å². The van der Waals surface area contributed by atoms with E-state index in [0.29, 0.717) is 22.2 Å². The smallest absolute Gasteiger partial charge is 0.263 e. The van der Waals surface area contributed by atoms with Crippen LogP contribution in [0, 0.1) is 0 Å². The first kappa shape index (κ1) is 17.9. The van der Waals surface area contributed by atoms with E-state index >= 15 is 0 Å². The van der Waals surface area contributed by atoms with Crippen molar-refractivity contribution in [1.29, 1.82) is 0 Å². The Kier molecular flexibility index (Phi) is 4.67. The monoisotopic (exact) mass is 443 g/mol. The first-order valence-electron chi connectivity index (χ1n) is 8.34. The second kappa shape index (κ2) is 7.32. The predicted molar refractivity (Wildman–Crippen MR) is 118 cm³/mol. The van der Waals surface area contributed by atoms with Crippen molar-refractivity contribution in [2.75, 3.05) is 0 Å².